The first-order valence-corrected chi connectivity index (χ1v) is 5.90. The Morgan fingerprint density at radius 3 is 2.56 bits per heavy atom. The topological polar surface area (TPSA) is 58.6 Å². The highest BCUT2D eigenvalue weighted by atomic mass is 16.5. The molecule has 92 valence electrons. The molecule has 0 atom stereocenters. The van der Waals surface area contributed by atoms with Crippen molar-refractivity contribution in [2.24, 2.45) is 0 Å². The minimum absolute atomic E-state index is 0.319. The van der Waals surface area contributed by atoms with Crippen molar-refractivity contribution in [1.29, 1.82) is 0 Å². The van der Waals surface area contributed by atoms with Crippen LogP contribution in [0.3, 0.4) is 0 Å². The van der Waals surface area contributed by atoms with Gasteiger partial charge in [0.1, 0.15) is 0 Å². The summed E-state index contributed by atoms with van der Waals surface area (Å²) in [6.45, 7) is 4.56. The average Bonchev–Trinajstić information content (AvgIpc) is 2.30. The van der Waals surface area contributed by atoms with Gasteiger partial charge in [0.2, 0.25) is 5.78 Å². The second kappa shape index (κ2) is 7.35. The fraction of sp³-hybridized carbons (Fsp3) is 0.818. The minimum Gasteiger partial charge on any atom is -0.379 e. The average molecular weight is 228 g/mol. The van der Waals surface area contributed by atoms with Crippen molar-refractivity contribution in [3.8, 4) is 0 Å². The highest BCUT2D eigenvalue weighted by molar-refractivity contribution is 6.35. The van der Waals surface area contributed by atoms with Crippen molar-refractivity contribution in [3.05, 3.63) is 0 Å². The van der Waals surface area contributed by atoms with E-state index < -0.39 is 5.91 Å². The number of amides is 1. The van der Waals surface area contributed by atoms with Gasteiger partial charge in [-0.3, -0.25) is 15.0 Å². The Kier molecular flexibility index (Phi) is 6.03. The fourth-order valence-electron chi connectivity index (χ4n) is 1.53. The minimum atomic E-state index is -0.488. The largest absolute Gasteiger partial charge is 0.379 e. The molecule has 1 aliphatic rings. The summed E-state index contributed by atoms with van der Waals surface area (Å²) < 4.78 is 5.14. The molecule has 0 bridgehead atoms. The maximum atomic E-state index is 11.5. The molecule has 0 saturated carbocycles. The Balaban J connectivity index is 2.19. The van der Waals surface area contributed by atoms with E-state index in [0.717, 1.165) is 19.3 Å². The molecule has 1 rings (SSSR count). The number of hydrogen-bond donors (Lipinski definition) is 1. The molecule has 1 aliphatic heterocycles. The molecule has 0 aromatic heterocycles. The SMILES string of the molecule is CCCCCC(=O)C(=O)NN1CCOCC1. The summed E-state index contributed by atoms with van der Waals surface area (Å²) in [7, 11) is 0. The van der Waals surface area contributed by atoms with Crippen molar-refractivity contribution in [2.75, 3.05) is 26.3 Å². The molecule has 1 N–H and O–H groups in total. The summed E-state index contributed by atoms with van der Waals surface area (Å²) in [6, 6.07) is 0. The molecule has 1 heterocycles. The molecule has 0 aliphatic carbocycles. The maximum absolute atomic E-state index is 11.5. The van der Waals surface area contributed by atoms with Gasteiger partial charge in [0.25, 0.3) is 0 Å². The molecular formula is C11H20N2O3. The third-order valence-electron chi connectivity index (χ3n) is 2.53. The lowest BCUT2D eigenvalue weighted by molar-refractivity contribution is -0.142. The lowest BCUT2D eigenvalue weighted by atomic mass is 10.1. The summed E-state index contributed by atoms with van der Waals surface area (Å²) in [5.74, 6) is -0.807. The number of carbonyl (C=O) groups is 2. The highest BCUT2D eigenvalue weighted by Crippen LogP contribution is 2.00. The Bertz CT molecular complexity index is 237. The van der Waals surface area contributed by atoms with E-state index in [9.17, 15) is 9.59 Å². The van der Waals surface area contributed by atoms with E-state index in [4.69, 9.17) is 4.74 Å². The van der Waals surface area contributed by atoms with Crippen LogP contribution in [-0.2, 0) is 14.3 Å². The maximum Gasteiger partial charge on any atom is 0.301 e. The van der Waals surface area contributed by atoms with Crippen LogP contribution in [-0.4, -0.2) is 43.0 Å². The molecule has 0 aromatic rings. The lowest BCUT2D eigenvalue weighted by Gasteiger charge is -2.26. The molecule has 5 heteroatoms. The van der Waals surface area contributed by atoms with Gasteiger partial charge in [0.15, 0.2) is 0 Å². The molecule has 1 saturated heterocycles. The van der Waals surface area contributed by atoms with Gasteiger partial charge in [-0.1, -0.05) is 19.8 Å². The number of morpholine rings is 1. The van der Waals surface area contributed by atoms with E-state index in [1.165, 1.54) is 0 Å². The number of rotatable bonds is 6. The van der Waals surface area contributed by atoms with Crippen LogP contribution in [0.2, 0.25) is 0 Å². The van der Waals surface area contributed by atoms with Gasteiger partial charge in [-0.2, -0.15) is 0 Å². The zero-order valence-electron chi connectivity index (χ0n) is 9.83. The number of Topliss-reactive ketones (excluding diaryl/α,β-unsaturated/α-hetero) is 1. The summed E-state index contributed by atoms with van der Waals surface area (Å²) in [4.78, 5) is 22.9. The van der Waals surface area contributed by atoms with E-state index >= 15 is 0 Å². The molecule has 0 unspecified atom stereocenters. The summed E-state index contributed by atoms with van der Waals surface area (Å²) in [5, 5.41) is 1.74. The Morgan fingerprint density at radius 2 is 1.94 bits per heavy atom. The van der Waals surface area contributed by atoms with Gasteiger partial charge in [-0.25, -0.2) is 5.01 Å². The zero-order valence-corrected chi connectivity index (χ0v) is 9.83. The molecule has 5 nitrogen and oxygen atoms in total. The van der Waals surface area contributed by atoms with Crippen molar-refractivity contribution in [2.45, 2.75) is 32.6 Å². The Labute approximate surface area is 96.1 Å². The third-order valence-corrected chi connectivity index (χ3v) is 2.53. The van der Waals surface area contributed by atoms with Crippen LogP contribution in [0.5, 0.6) is 0 Å². The van der Waals surface area contributed by atoms with E-state index in [2.05, 4.69) is 12.3 Å². The van der Waals surface area contributed by atoms with E-state index in [1.54, 1.807) is 5.01 Å². The molecule has 0 aromatic carbocycles. The van der Waals surface area contributed by atoms with Crippen LogP contribution in [0, 0.1) is 0 Å². The van der Waals surface area contributed by atoms with Gasteiger partial charge in [-0.05, 0) is 6.42 Å². The molecule has 16 heavy (non-hydrogen) atoms. The zero-order chi connectivity index (χ0) is 11.8. The fourth-order valence-corrected chi connectivity index (χ4v) is 1.53. The van der Waals surface area contributed by atoms with E-state index in [0.29, 0.717) is 32.7 Å². The second-order valence-corrected chi connectivity index (χ2v) is 3.92. The molecule has 0 spiro atoms. The smallest absolute Gasteiger partial charge is 0.301 e. The number of nitrogens with zero attached hydrogens (tertiary/aromatic N) is 1. The van der Waals surface area contributed by atoms with Crippen molar-refractivity contribution in [1.82, 2.24) is 10.4 Å². The first-order chi connectivity index (χ1) is 7.74. The summed E-state index contributed by atoms with van der Waals surface area (Å²) in [5.41, 5.74) is 2.61. The monoisotopic (exact) mass is 228 g/mol. The third kappa shape index (κ3) is 4.72. The highest BCUT2D eigenvalue weighted by Gasteiger charge is 2.17. The van der Waals surface area contributed by atoms with Crippen molar-refractivity contribution < 1.29 is 14.3 Å². The Hall–Kier alpha value is -0.940. The van der Waals surface area contributed by atoms with Crippen LogP contribution in [0.25, 0.3) is 0 Å². The standard InChI is InChI=1S/C11H20N2O3/c1-2-3-4-5-10(14)11(15)12-13-6-8-16-9-7-13/h2-9H2,1H3,(H,12,15). The molecular weight excluding hydrogens is 208 g/mol. The quantitative estimate of drug-likeness (QED) is 0.531. The van der Waals surface area contributed by atoms with Gasteiger partial charge in [-0.15, -0.1) is 0 Å². The van der Waals surface area contributed by atoms with Gasteiger partial charge in [0.05, 0.1) is 13.2 Å². The van der Waals surface area contributed by atoms with Crippen LogP contribution >= 0.6 is 0 Å². The Morgan fingerprint density at radius 1 is 1.25 bits per heavy atom. The number of unbranched alkanes of at least 4 members (excludes halogenated alkanes) is 2. The number of ether oxygens (including phenoxy) is 1. The van der Waals surface area contributed by atoms with Gasteiger partial charge in [0, 0.05) is 19.5 Å². The van der Waals surface area contributed by atoms with E-state index in [-0.39, 0.29) is 5.78 Å². The number of hydrogen-bond acceptors (Lipinski definition) is 4. The predicted molar refractivity (Wildman–Crippen MR) is 59.7 cm³/mol. The lowest BCUT2D eigenvalue weighted by Crippen LogP contribution is -2.50. The summed E-state index contributed by atoms with van der Waals surface area (Å²) in [6.07, 6.45) is 3.20. The first kappa shape index (κ1) is 13.1. The van der Waals surface area contributed by atoms with Crippen LogP contribution in [0.15, 0.2) is 0 Å². The molecule has 0 radical (unpaired) electrons. The van der Waals surface area contributed by atoms with Gasteiger partial charge < -0.3 is 4.74 Å². The van der Waals surface area contributed by atoms with Crippen LogP contribution < -0.4 is 5.43 Å². The number of nitrogens with one attached hydrogen (secondary N) is 1. The normalized spacial score (nSPS) is 17.1. The van der Waals surface area contributed by atoms with Crippen molar-refractivity contribution in [3.63, 3.8) is 0 Å². The predicted octanol–water partition coefficient (Wildman–Crippen LogP) is 0.499. The number of ketones is 1. The van der Waals surface area contributed by atoms with Crippen LogP contribution in [0.4, 0.5) is 0 Å². The van der Waals surface area contributed by atoms with Crippen LogP contribution in [0.1, 0.15) is 32.6 Å². The van der Waals surface area contributed by atoms with Crippen molar-refractivity contribution >= 4 is 11.7 Å². The first-order valence-electron chi connectivity index (χ1n) is 5.90. The van der Waals surface area contributed by atoms with Gasteiger partial charge >= 0.3 is 5.91 Å². The molecule has 1 fully saturated rings. The molecule has 1 amide bonds. The number of carbonyl (C=O) groups excluding carboxylic acids is 2. The van der Waals surface area contributed by atoms with E-state index in [1.807, 2.05) is 0 Å². The summed E-state index contributed by atoms with van der Waals surface area (Å²) >= 11 is 0. The number of hydrazine groups is 1. The second-order valence-electron chi connectivity index (χ2n) is 3.92.